The third kappa shape index (κ3) is 6.10. The van der Waals surface area contributed by atoms with Crippen LogP contribution in [0.3, 0.4) is 0 Å². The van der Waals surface area contributed by atoms with Crippen LogP contribution in [-0.2, 0) is 5.75 Å². The van der Waals surface area contributed by atoms with E-state index >= 15 is 0 Å². The summed E-state index contributed by atoms with van der Waals surface area (Å²) in [5.41, 5.74) is 8.37. The van der Waals surface area contributed by atoms with E-state index in [-0.39, 0.29) is 0 Å². The number of nitrogens with zero attached hydrogens (tertiary/aromatic N) is 2. The number of benzene rings is 3. The van der Waals surface area contributed by atoms with Gasteiger partial charge in [-0.1, -0.05) is 60.3 Å². The maximum Gasteiger partial charge on any atom is 0.343 e. The molecule has 0 aliphatic heterocycles. The molecule has 0 unspecified atom stereocenters. The molecule has 0 atom stereocenters. The molecule has 0 spiro atoms. The second-order valence-corrected chi connectivity index (χ2v) is 6.78. The van der Waals surface area contributed by atoms with Crippen molar-refractivity contribution >= 4 is 29.1 Å². The van der Waals surface area contributed by atoms with Crippen LogP contribution >= 0.6 is 11.8 Å². The van der Waals surface area contributed by atoms with Crippen LogP contribution in [0, 0.1) is 0 Å². The van der Waals surface area contributed by atoms with Crippen molar-refractivity contribution in [3.63, 3.8) is 0 Å². The second-order valence-electron chi connectivity index (χ2n) is 5.78. The van der Waals surface area contributed by atoms with Crippen molar-refractivity contribution < 1.29 is 9.53 Å². The van der Waals surface area contributed by atoms with E-state index in [0.29, 0.717) is 16.5 Å². The summed E-state index contributed by atoms with van der Waals surface area (Å²) in [5.74, 6) is 0.815. The first kappa shape index (κ1) is 19.4. The van der Waals surface area contributed by atoms with Gasteiger partial charge in [-0.3, -0.25) is 0 Å². The molecule has 0 bridgehead atoms. The number of hydrogen-bond acceptors (Lipinski definition) is 5. The number of nitrogens with two attached hydrogens (primary N) is 1. The van der Waals surface area contributed by atoms with Crippen LogP contribution in [0.4, 0.5) is 0 Å². The van der Waals surface area contributed by atoms with Crippen LogP contribution in [0.2, 0.25) is 0 Å². The highest BCUT2D eigenvalue weighted by molar-refractivity contribution is 8.13. The molecule has 0 heterocycles. The van der Waals surface area contributed by atoms with Gasteiger partial charge in [0.25, 0.3) is 0 Å². The minimum atomic E-state index is -0.394. The minimum Gasteiger partial charge on any atom is -0.423 e. The Balaban J connectivity index is 1.51. The lowest BCUT2D eigenvalue weighted by Gasteiger charge is -2.04. The van der Waals surface area contributed by atoms with Crippen molar-refractivity contribution in [1.29, 1.82) is 0 Å². The summed E-state index contributed by atoms with van der Waals surface area (Å²) in [4.78, 5) is 12.0. The van der Waals surface area contributed by atoms with Crippen molar-refractivity contribution in [2.75, 3.05) is 0 Å². The van der Waals surface area contributed by atoms with Crippen molar-refractivity contribution in [1.82, 2.24) is 0 Å². The normalized spacial score (nSPS) is 11.5. The first-order valence-corrected chi connectivity index (χ1v) is 9.60. The van der Waals surface area contributed by atoms with E-state index < -0.39 is 5.97 Å². The Morgan fingerprint density at radius 3 is 2.25 bits per heavy atom. The van der Waals surface area contributed by atoms with Crippen LogP contribution in [0.15, 0.2) is 95.1 Å². The molecule has 0 aromatic heterocycles. The number of esters is 1. The summed E-state index contributed by atoms with van der Waals surface area (Å²) in [7, 11) is 0. The van der Waals surface area contributed by atoms with Gasteiger partial charge in [-0.15, -0.1) is 5.10 Å². The highest BCUT2D eigenvalue weighted by Gasteiger charge is 2.07. The predicted octanol–water partition coefficient (Wildman–Crippen LogP) is 4.49. The maximum atomic E-state index is 12.0. The summed E-state index contributed by atoms with van der Waals surface area (Å²) in [6, 6.07) is 25.9. The zero-order valence-corrected chi connectivity index (χ0v) is 15.9. The average Bonchev–Trinajstić information content (AvgIpc) is 2.75. The molecule has 0 amide bonds. The lowest BCUT2D eigenvalue weighted by atomic mass is 10.2. The van der Waals surface area contributed by atoms with Crippen molar-refractivity contribution in [2.24, 2.45) is 15.9 Å². The molecule has 5 nitrogen and oxygen atoms in total. The van der Waals surface area contributed by atoms with Gasteiger partial charge in [0.2, 0.25) is 0 Å². The first-order valence-electron chi connectivity index (χ1n) is 8.61. The van der Waals surface area contributed by atoms with Gasteiger partial charge in [0, 0.05) is 5.75 Å². The number of carbonyl (C=O) groups is 1. The molecule has 0 saturated carbocycles. The number of amidine groups is 1. The Morgan fingerprint density at radius 1 is 0.929 bits per heavy atom. The third-order valence-corrected chi connectivity index (χ3v) is 4.55. The van der Waals surface area contributed by atoms with Gasteiger partial charge in [-0.2, -0.15) is 5.10 Å². The molecule has 2 N–H and O–H groups in total. The summed E-state index contributed by atoms with van der Waals surface area (Å²) in [5, 5.41) is 8.38. The van der Waals surface area contributed by atoms with E-state index in [4.69, 9.17) is 10.5 Å². The molecule has 28 heavy (non-hydrogen) atoms. The van der Waals surface area contributed by atoms with E-state index in [1.807, 2.05) is 36.4 Å². The van der Waals surface area contributed by atoms with Crippen LogP contribution in [0.5, 0.6) is 5.75 Å². The summed E-state index contributed by atoms with van der Waals surface area (Å²) in [6.07, 6.45) is 1.60. The second kappa shape index (κ2) is 10.1. The molecule has 0 aliphatic carbocycles. The Bertz CT molecular complexity index is 956. The highest BCUT2D eigenvalue weighted by atomic mass is 32.2. The quantitative estimate of drug-likeness (QED) is 0.222. The number of ether oxygens (including phenoxy) is 1. The molecular formula is C22H19N3O2S. The van der Waals surface area contributed by atoms with Crippen molar-refractivity contribution in [3.8, 4) is 5.75 Å². The Morgan fingerprint density at radius 2 is 1.57 bits per heavy atom. The van der Waals surface area contributed by atoms with Crippen molar-refractivity contribution in [2.45, 2.75) is 5.75 Å². The molecule has 0 saturated heterocycles. The van der Waals surface area contributed by atoms with E-state index in [9.17, 15) is 4.79 Å². The number of rotatable bonds is 6. The van der Waals surface area contributed by atoms with Gasteiger partial charge < -0.3 is 10.5 Å². The summed E-state index contributed by atoms with van der Waals surface area (Å²) < 4.78 is 5.34. The number of hydrogen-bond donors (Lipinski definition) is 1. The van der Waals surface area contributed by atoms with Crippen LogP contribution in [-0.4, -0.2) is 17.4 Å². The zero-order chi connectivity index (χ0) is 19.6. The number of thioether (sulfide) groups is 1. The topological polar surface area (TPSA) is 77.0 Å². The predicted molar refractivity (Wildman–Crippen MR) is 115 cm³/mol. The molecule has 3 rings (SSSR count). The highest BCUT2D eigenvalue weighted by Crippen LogP contribution is 2.14. The van der Waals surface area contributed by atoms with Gasteiger partial charge in [-0.25, -0.2) is 4.79 Å². The lowest BCUT2D eigenvalue weighted by molar-refractivity contribution is 0.0735. The fraction of sp³-hybridized carbons (Fsp3) is 0.0455. The first-order chi connectivity index (χ1) is 13.7. The van der Waals surface area contributed by atoms with Gasteiger partial charge >= 0.3 is 5.97 Å². The molecule has 0 fully saturated rings. The molecule has 0 radical (unpaired) electrons. The SMILES string of the molecule is NC(=NN=Cc1ccc(OC(=O)c2ccccc2)cc1)SCc1ccccc1. The Hall–Kier alpha value is -3.38. The third-order valence-electron chi connectivity index (χ3n) is 3.69. The lowest BCUT2D eigenvalue weighted by Crippen LogP contribution is -2.08. The van der Waals surface area contributed by atoms with E-state index in [1.165, 1.54) is 17.3 Å². The monoisotopic (exact) mass is 389 g/mol. The largest absolute Gasteiger partial charge is 0.423 e. The van der Waals surface area contributed by atoms with Gasteiger partial charge in [0.15, 0.2) is 5.17 Å². The molecule has 0 aliphatic rings. The van der Waals surface area contributed by atoms with E-state index in [1.54, 1.807) is 54.7 Å². The van der Waals surface area contributed by atoms with Crippen molar-refractivity contribution in [3.05, 3.63) is 102 Å². The zero-order valence-electron chi connectivity index (χ0n) is 15.1. The van der Waals surface area contributed by atoms with Gasteiger partial charge in [-0.05, 0) is 47.5 Å². The van der Waals surface area contributed by atoms with E-state index in [2.05, 4.69) is 10.2 Å². The Labute approximate surface area is 168 Å². The molecule has 3 aromatic rings. The van der Waals surface area contributed by atoms with Crippen LogP contribution in [0.25, 0.3) is 0 Å². The van der Waals surface area contributed by atoms with Gasteiger partial charge in [0.05, 0.1) is 11.8 Å². The molecular weight excluding hydrogens is 370 g/mol. The minimum absolute atomic E-state index is 0.394. The molecule has 140 valence electrons. The van der Waals surface area contributed by atoms with Crippen LogP contribution in [0.1, 0.15) is 21.5 Å². The van der Waals surface area contributed by atoms with Gasteiger partial charge in [0.1, 0.15) is 5.75 Å². The maximum absolute atomic E-state index is 12.0. The summed E-state index contributed by atoms with van der Waals surface area (Å²) in [6.45, 7) is 0. The number of carbonyl (C=O) groups excluding carboxylic acids is 1. The standard InChI is InChI=1S/C22H19N3O2S/c23-22(28-16-18-7-3-1-4-8-18)25-24-15-17-11-13-20(14-12-17)27-21(26)19-9-5-2-6-10-19/h1-15H,16H2,(H2,23,25). The molecule has 6 heteroatoms. The average molecular weight is 389 g/mol. The fourth-order valence-corrected chi connectivity index (χ4v) is 2.89. The summed E-state index contributed by atoms with van der Waals surface area (Å²) >= 11 is 1.43. The smallest absolute Gasteiger partial charge is 0.343 e. The fourth-order valence-electron chi connectivity index (χ4n) is 2.27. The molecule has 3 aromatic carbocycles. The van der Waals surface area contributed by atoms with E-state index in [0.717, 1.165) is 11.3 Å². The Kier molecular flexibility index (Phi) is 6.98. The van der Waals surface area contributed by atoms with Crippen LogP contribution < -0.4 is 10.5 Å².